The molecule has 2 N–H and O–H groups in total. The lowest BCUT2D eigenvalue weighted by molar-refractivity contribution is 0.440. The average Bonchev–Trinajstić information content (AvgIpc) is 2.14. The van der Waals surface area contributed by atoms with Gasteiger partial charge in [-0.1, -0.05) is 16.0 Å². The SMILES string of the molecule is Nc1ccc2ccc(OS(=O)(=O)F)cc2c1. The summed E-state index contributed by atoms with van der Waals surface area (Å²) in [4.78, 5) is 0. The predicted octanol–water partition coefficient (Wildman–Crippen LogP) is 2.02. The zero-order valence-corrected chi connectivity index (χ0v) is 8.87. The molecule has 0 aliphatic carbocycles. The molecule has 0 spiro atoms. The summed E-state index contributed by atoms with van der Waals surface area (Å²) in [5, 5.41) is 1.54. The Bertz CT molecular complexity index is 640. The minimum atomic E-state index is -4.99. The van der Waals surface area contributed by atoms with Crippen LogP contribution in [0.2, 0.25) is 0 Å². The summed E-state index contributed by atoms with van der Waals surface area (Å²) in [6.45, 7) is 0. The van der Waals surface area contributed by atoms with Crippen LogP contribution in [0, 0.1) is 0 Å². The highest BCUT2D eigenvalue weighted by atomic mass is 32.3. The third kappa shape index (κ3) is 2.40. The summed E-state index contributed by atoms with van der Waals surface area (Å²) in [5.74, 6) is -0.0828. The highest BCUT2D eigenvalue weighted by Gasteiger charge is 2.09. The van der Waals surface area contributed by atoms with Crippen molar-refractivity contribution < 1.29 is 16.5 Å². The Labute approximate surface area is 91.9 Å². The molecule has 0 heterocycles. The number of hydrogen-bond acceptors (Lipinski definition) is 4. The topological polar surface area (TPSA) is 69.4 Å². The lowest BCUT2D eigenvalue weighted by atomic mass is 10.1. The molecule has 0 bridgehead atoms. The highest BCUT2D eigenvalue weighted by Crippen LogP contribution is 2.23. The first-order valence-electron chi connectivity index (χ1n) is 4.37. The predicted molar refractivity (Wildman–Crippen MR) is 59.0 cm³/mol. The van der Waals surface area contributed by atoms with Crippen LogP contribution in [0.5, 0.6) is 5.75 Å². The van der Waals surface area contributed by atoms with E-state index < -0.39 is 10.5 Å². The number of anilines is 1. The lowest BCUT2D eigenvalue weighted by Gasteiger charge is -2.03. The van der Waals surface area contributed by atoms with Crippen molar-refractivity contribution in [3.05, 3.63) is 36.4 Å². The molecule has 0 atom stereocenters. The first kappa shape index (κ1) is 10.7. The van der Waals surface area contributed by atoms with Crippen molar-refractivity contribution in [2.75, 3.05) is 5.73 Å². The Kier molecular flexibility index (Phi) is 2.43. The van der Waals surface area contributed by atoms with Crippen molar-refractivity contribution in [2.24, 2.45) is 0 Å². The van der Waals surface area contributed by atoms with Crippen LogP contribution < -0.4 is 9.92 Å². The molecule has 2 aromatic carbocycles. The van der Waals surface area contributed by atoms with Gasteiger partial charge >= 0.3 is 10.5 Å². The van der Waals surface area contributed by atoms with Crippen molar-refractivity contribution in [3.63, 3.8) is 0 Å². The Morgan fingerprint density at radius 1 is 1.06 bits per heavy atom. The number of benzene rings is 2. The molecule has 0 fully saturated rings. The van der Waals surface area contributed by atoms with Crippen LogP contribution in [0.25, 0.3) is 10.8 Å². The van der Waals surface area contributed by atoms with Crippen LogP contribution in [-0.2, 0) is 10.5 Å². The molecule has 0 aliphatic heterocycles. The maximum absolute atomic E-state index is 12.3. The minimum Gasteiger partial charge on any atom is -0.399 e. The fourth-order valence-electron chi connectivity index (χ4n) is 1.41. The molecule has 2 rings (SSSR count). The van der Waals surface area contributed by atoms with Crippen molar-refractivity contribution in [2.45, 2.75) is 0 Å². The van der Waals surface area contributed by atoms with Crippen LogP contribution in [-0.4, -0.2) is 8.42 Å². The molecule has 0 radical (unpaired) electrons. The maximum Gasteiger partial charge on any atom is 0.488 e. The van der Waals surface area contributed by atoms with Crippen molar-refractivity contribution in [1.82, 2.24) is 0 Å². The van der Waals surface area contributed by atoms with Gasteiger partial charge in [0, 0.05) is 5.69 Å². The first-order valence-corrected chi connectivity index (χ1v) is 5.68. The molecule has 2 aromatic rings. The number of fused-ring (bicyclic) bond motifs is 1. The van der Waals surface area contributed by atoms with Crippen molar-refractivity contribution in [3.8, 4) is 5.75 Å². The molecule has 84 valence electrons. The second-order valence-corrected chi connectivity index (χ2v) is 4.20. The molecule has 0 unspecified atom stereocenters. The molecule has 0 saturated carbocycles. The summed E-state index contributed by atoms with van der Waals surface area (Å²) >= 11 is 0. The van der Waals surface area contributed by atoms with E-state index in [1.807, 2.05) is 0 Å². The molecule has 4 nitrogen and oxygen atoms in total. The number of halogens is 1. The number of nitrogen functional groups attached to an aromatic ring is 1. The summed E-state index contributed by atoms with van der Waals surface area (Å²) in [6, 6.07) is 9.54. The molecular weight excluding hydrogens is 233 g/mol. The zero-order valence-electron chi connectivity index (χ0n) is 8.05. The van der Waals surface area contributed by atoms with E-state index in [9.17, 15) is 12.3 Å². The Morgan fingerprint density at radius 2 is 1.75 bits per heavy atom. The molecule has 0 saturated heterocycles. The van der Waals surface area contributed by atoms with Gasteiger partial charge < -0.3 is 9.92 Å². The van der Waals surface area contributed by atoms with Crippen LogP contribution in [0.3, 0.4) is 0 Å². The maximum atomic E-state index is 12.3. The van der Waals surface area contributed by atoms with E-state index in [0.29, 0.717) is 11.1 Å². The van der Waals surface area contributed by atoms with E-state index in [1.54, 1.807) is 24.3 Å². The van der Waals surface area contributed by atoms with Gasteiger partial charge in [-0.3, -0.25) is 0 Å². The van der Waals surface area contributed by atoms with Gasteiger partial charge in [0.25, 0.3) is 0 Å². The second kappa shape index (κ2) is 3.64. The Hall–Kier alpha value is -1.82. The molecule has 0 aromatic heterocycles. The molecule has 0 amide bonds. The Morgan fingerprint density at radius 3 is 2.44 bits per heavy atom. The summed E-state index contributed by atoms with van der Waals surface area (Å²) in [6.07, 6.45) is 0. The summed E-state index contributed by atoms with van der Waals surface area (Å²) in [5.41, 5.74) is 6.10. The van der Waals surface area contributed by atoms with Crippen LogP contribution in [0.15, 0.2) is 36.4 Å². The number of rotatable bonds is 2. The Balaban J connectivity index is 2.51. The molecule has 0 aliphatic rings. The van der Waals surface area contributed by atoms with Crippen LogP contribution in [0.1, 0.15) is 0 Å². The molecule has 6 heteroatoms. The van der Waals surface area contributed by atoms with Gasteiger partial charge in [-0.2, -0.15) is 8.42 Å². The fourth-order valence-corrected chi connectivity index (χ4v) is 1.74. The van der Waals surface area contributed by atoms with E-state index in [1.165, 1.54) is 12.1 Å². The lowest BCUT2D eigenvalue weighted by Crippen LogP contribution is -2.00. The molecular formula is C10H8FNO3S. The quantitative estimate of drug-likeness (QED) is 0.645. The van der Waals surface area contributed by atoms with E-state index in [-0.39, 0.29) is 5.75 Å². The minimum absolute atomic E-state index is 0.0828. The van der Waals surface area contributed by atoms with Gasteiger partial charge in [0.1, 0.15) is 5.75 Å². The number of nitrogens with two attached hydrogens (primary N) is 1. The van der Waals surface area contributed by atoms with Gasteiger partial charge in [0.05, 0.1) is 0 Å². The molecule has 16 heavy (non-hydrogen) atoms. The zero-order chi connectivity index (χ0) is 11.8. The van der Waals surface area contributed by atoms with Crippen molar-refractivity contribution >= 4 is 27.0 Å². The van der Waals surface area contributed by atoms with E-state index >= 15 is 0 Å². The summed E-state index contributed by atoms with van der Waals surface area (Å²) in [7, 11) is -4.99. The van der Waals surface area contributed by atoms with Gasteiger partial charge in [0.2, 0.25) is 0 Å². The van der Waals surface area contributed by atoms with E-state index in [2.05, 4.69) is 4.18 Å². The first-order chi connectivity index (χ1) is 7.44. The van der Waals surface area contributed by atoms with Crippen LogP contribution in [0.4, 0.5) is 9.57 Å². The highest BCUT2D eigenvalue weighted by molar-refractivity contribution is 7.81. The van der Waals surface area contributed by atoms with Crippen molar-refractivity contribution in [1.29, 1.82) is 0 Å². The van der Waals surface area contributed by atoms with Crippen LogP contribution >= 0.6 is 0 Å². The summed E-state index contributed by atoms with van der Waals surface area (Å²) < 4.78 is 37.0. The van der Waals surface area contributed by atoms with Gasteiger partial charge in [-0.25, -0.2) is 0 Å². The largest absolute Gasteiger partial charge is 0.488 e. The van der Waals surface area contributed by atoms with E-state index in [0.717, 1.165) is 5.39 Å². The van der Waals surface area contributed by atoms with Gasteiger partial charge in [0.15, 0.2) is 0 Å². The second-order valence-electron chi connectivity index (χ2n) is 3.24. The van der Waals surface area contributed by atoms with Gasteiger partial charge in [-0.15, -0.1) is 0 Å². The number of hydrogen-bond donors (Lipinski definition) is 1. The standard InChI is InChI=1S/C10H8FNO3S/c11-16(13,14)15-10-4-2-7-1-3-9(12)5-8(7)6-10/h1-6H,12H2. The normalized spacial score (nSPS) is 11.6. The third-order valence-electron chi connectivity index (χ3n) is 2.03. The third-order valence-corrected chi connectivity index (χ3v) is 2.42. The van der Waals surface area contributed by atoms with E-state index in [4.69, 9.17) is 5.73 Å². The monoisotopic (exact) mass is 241 g/mol. The van der Waals surface area contributed by atoms with Gasteiger partial charge in [-0.05, 0) is 35.0 Å². The average molecular weight is 241 g/mol. The fraction of sp³-hybridized carbons (Fsp3) is 0. The smallest absolute Gasteiger partial charge is 0.399 e.